The summed E-state index contributed by atoms with van der Waals surface area (Å²) in [5.74, 6) is 0.0169. The summed E-state index contributed by atoms with van der Waals surface area (Å²) in [5, 5.41) is 2.18. The molecule has 0 saturated carbocycles. The Morgan fingerprint density at radius 3 is 2.50 bits per heavy atom. The van der Waals surface area contributed by atoms with Gasteiger partial charge in [-0.15, -0.1) is 0 Å². The Labute approximate surface area is 166 Å². The molecular weight excluding hydrogens is 348 g/mol. The van der Waals surface area contributed by atoms with Crippen LogP contribution in [-0.2, 0) is 22.6 Å². The van der Waals surface area contributed by atoms with E-state index in [1.165, 1.54) is 0 Å². The maximum absolute atomic E-state index is 13.0. The number of pyridine rings is 1. The fourth-order valence-corrected chi connectivity index (χ4v) is 3.36. The second-order valence-electron chi connectivity index (χ2n) is 7.43. The minimum atomic E-state index is -0.182. The molecule has 1 atom stereocenters. The van der Waals surface area contributed by atoms with Crippen molar-refractivity contribution in [3.8, 4) is 0 Å². The Balaban J connectivity index is 1.73. The molecule has 0 spiro atoms. The molecule has 0 amide bonds. The van der Waals surface area contributed by atoms with Crippen molar-refractivity contribution in [2.75, 3.05) is 6.54 Å². The number of nitrogens with zero attached hydrogens (tertiary/aromatic N) is 1. The number of nitrogens with two attached hydrogens (primary N) is 1. The maximum Gasteiger partial charge on any atom is 0.144 e. The summed E-state index contributed by atoms with van der Waals surface area (Å²) < 4.78 is 5.65. The van der Waals surface area contributed by atoms with Crippen molar-refractivity contribution in [1.29, 1.82) is 0 Å². The highest BCUT2D eigenvalue weighted by Crippen LogP contribution is 2.24. The molecule has 0 aliphatic carbocycles. The number of hydrogen-bond donors (Lipinski definition) is 1. The lowest BCUT2D eigenvalue weighted by Crippen LogP contribution is -2.19. The molecule has 0 fully saturated rings. The van der Waals surface area contributed by atoms with Crippen molar-refractivity contribution in [1.82, 2.24) is 4.98 Å². The highest BCUT2D eigenvalue weighted by molar-refractivity contribution is 5.89. The minimum Gasteiger partial charge on any atom is -0.374 e. The van der Waals surface area contributed by atoms with E-state index in [4.69, 9.17) is 10.5 Å². The van der Waals surface area contributed by atoms with Crippen LogP contribution in [0.3, 0.4) is 0 Å². The van der Waals surface area contributed by atoms with E-state index in [1.807, 2.05) is 62.5 Å². The second-order valence-corrected chi connectivity index (χ2v) is 7.43. The van der Waals surface area contributed by atoms with Crippen LogP contribution in [0.1, 0.15) is 42.9 Å². The largest absolute Gasteiger partial charge is 0.374 e. The zero-order chi connectivity index (χ0) is 19.9. The van der Waals surface area contributed by atoms with Crippen LogP contribution < -0.4 is 5.73 Å². The normalized spacial score (nSPS) is 12.4. The summed E-state index contributed by atoms with van der Waals surface area (Å²) >= 11 is 0. The first-order chi connectivity index (χ1) is 13.6. The number of ether oxygens (including phenoxy) is 1. The molecule has 1 heterocycles. The predicted molar refractivity (Wildman–Crippen MR) is 113 cm³/mol. The Morgan fingerprint density at radius 1 is 1.04 bits per heavy atom. The van der Waals surface area contributed by atoms with Gasteiger partial charge in [-0.2, -0.15) is 0 Å². The summed E-state index contributed by atoms with van der Waals surface area (Å²) in [5.41, 5.74) is 8.96. The first-order valence-corrected chi connectivity index (χ1v) is 9.82. The first-order valence-electron chi connectivity index (χ1n) is 9.82. The maximum atomic E-state index is 13.0. The third-order valence-corrected chi connectivity index (χ3v) is 4.89. The highest BCUT2D eigenvalue weighted by Gasteiger charge is 2.20. The van der Waals surface area contributed by atoms with Crippen LogP contribution in [0.2, 0.25) is 0 Å². The third-order valence-electron chi connectivity index (χ3n) is 4.89. The van der Waals surface area contributed by atoms with Crippen LogP contribution >= 0.6 is 0 Å². The van der Waals surface area contributed by atoms with Crippen LogP contribution in [0.15, 0.2) is 60.9 Å². The van der Waals surface area contributed by atoms with Crippen LogP contribution in [0.5, 0.6) is 0 Å². The third kappa shape index (κ3) is 5.24. The molecule has 0 aliphatic heterocycles. The lowest BCUT2D eigenvalue weighted by Gasteiger charge is -2.17. The molecule has 146 valence electrons. The molecule has 0 bridgehead atoms. The Hall–Kier alpha value is -2.56. The van der Waals surface area contributed by atoms with Gasteiger partial charge in [-0.3, -0.25) is 9.78 Å². The number of carbonyl (C=O) groups is 1. The molecule has 1 unspecified atom stereocenters. The molecule has 0 radical (unpaired) electrons. The van der Waals surface area contributed by atoms with Gasteiger partial charge in [0.15, 0.2) is 0 Å². The van der Waals surface area contributed by atoms with Crippen LogP contribution in [-0.4, -0.2) is 23.4 Å². The van der Waals surface area contributed by atoms with E-state index in [0.29, 0.717) is 26.0 Å². The summed E-state index contributed by atoms with van der Waals surface area (Å²) in [6.45, 7) is 5.11. The number of ketones is 1. The van der Waals surface area contributed by atoms with Gasteiger partial charge in [0.2, 0.25) is 0 Å². The van der Waals surface area contributed by atoms with Gasteiger partial charge in [-0.1, -0.05) is 42.5 Å². The highest BCUT2D eigenvalue weighted by atomic mass is 16.5. The van der Waals surface area contributed by atoms with E-state index in [2.05, 4.69) is 11.1 Å². The molecule has 4 nitrogen and oxygen atoms in total. The van der Waals surface area contributed by atoms with E-state index < -0.39 is 0 Å². The van der Waals surface area contributed by atoms with Crippen LogP contribution in [0, 0.1) is 0 Å². The molecule has 28 heavy (non-hydrogen) atoms. The molecular formula is C24H28N2O2. The summed E-state index contributed by atoms with van der Waals surface area (Å²) in [4.78, 5) is 17.2. The molecule has 4 heteroatoms. The molecule has 2 aromatic carbocycles. The molecule has 1 aromatic heterocycles. The molecule has 2 N–H and O–H groups in total. The zero-order valence-electron chi connectivity index (χ0n) is 16.6. The molecule has 3 rings (SSSR count). The monoisotopic (exact) mass is 376 g/mol. The van der Waals surface area contributed by atoms with E-state index >= 15 is 0 Å². The van der Waals surface area contributed by atoms with E-state index in [1.54, 1.807) is 6.20 Å². The van der Waals surface area contributed by atoms with Gasteiger partial charge < -0.3 is 10.5 Å². The number of fused-ring (bicyclic) bond motifs is 1. The quantitative estimate of drug-likeness (QED) is 0.601. The Kier molecular flexibility index (Phi) is 6.90. The minimum absolute atomic E-state index is 0.182. The average molecular weight is 376 g/mol. The topological polar surface area (TPSA) is 65.2 Å². The van der Waals surface area contributed by atoms with E-state index in [9.17, 15) is 4.79 Å². The molecule has 0 saturated heterocycles. The molecule has 0 aliphatic rings. The van der Waals surface area contributed by atoms with Gasteiger partial charge in [-0.25, -0.2) is 0 Å². The molecule has 3 aromatic rings. The van der Waals surface area contributed by atoms with Gasteiger partial charge in [0, 0.05) is 30.1 Å². The average Bonchev–Trinajstić information content (AvgIpc) is 2.71. The smallest absolute Gasteiger partial charge is 0.144 e. The van der Waals surface area contributed by atoms with Crippen molar-refractivity contribution in [3.05, 3.63) is 77.6 Å². The lowest BCUT2D eigenvalue weighted by atomic mass is 9.88. The van der Waals surface area contributed by atoms with Crippen molar-refractivity contribution in [2.24, 2.45) is 5.73 Å². The number of benzene rings is 2. The Morgan fingerprint density at radius 2 is 1.79 bits per heavy atom. The van der Waals surface area contributed by atoms with E-state index in [-0.39, 0.29) is 17.8 Å². The number of rotatable bonds is 9. The fraction of sp³-hybridized carbons (Fsp3) is 0.333. The fourth-order valence-electron chi connectivity index (χ4n) is 3.36. The van der Waals surface area contributed by atoms with Crippen molar-refractivity contribution in [2.45, 2.75) is 45.3 Å². The number of Topliss-reactive ketones (excluding diaryl/α,β-unsaturated/α-hetero) is 1. The summed E-state index contributed by atoms with van der Waals surface area (Å²) in [6, 6.07) is 16.2. The first kappa shape index (κ1) is 20.2. The van der Waals surface area contributed by atoms with Gasteiger partial charge in [0.05, 0.1) is 12.7 Å². The van der Waals surface area contributed by atoms with Crippen LogP contribution in [0.4, 0.5) is 0 Å². The van der Waals surface area contributed by atoms with Crippen molar-refractivity contribution in [3.63, 3.8) is 0 Å². The lowest BCUT2D eigenvalue weighted by molar-refractivity contribution is -0.120. The number of carbonyl (C=O) groups excluding carboxylic acids is 1. The second kappa shape index (κ2) is 9.58. The van der Waals surface area contributed by atoms with Gasteiger partial charge in [0.1, 0.15) is 5.78 Å². The van der Waals surface area contributed by atoms with Gasteiger partial charge in [0.25, 0.3) is 0 Å². The predicted octanol–water partition coefficient (Wildman–Crippen LogP) is 4.40. The Bertz CT molecular complexity index is 919. The summed E-state index contributed by atoms with van der Waals surface area (Å²) in [7, 11) is 0. The van der Waals surface area contributed by atoms with Crippen molar-refractivity contribution >= 4 is 16.6 Å². The summed E-state index contributed by atoms with van der Waals surface area (Å²) in [6.07, 6.45) is 4.86. The van der Waals surface area contributed by atoms with Crippen molar-refractivity contribution < 1.29 is 9.53 Å². The zero-order valence-corrected chi connectivity index (χ0v) is 16.6. The SMILES string of the molecule is CC(C)OCc1ccc(C(CCN)C(=O)Cc2ccc3cnccc3c2)cc1. The number of aromatic nitrogens is 1. The van der Waals surface area contributed by atoms with Gasteiger partial charge in [-0.05, 0) is 55.0 Å². The van der Waals surface area contributed by atoms with Gasteiger partial charge >= 0.3 is 0 Å². The van der Waals surface area contributed by atoms with E-state index in [0.717, 1.165) is 27.5 Å². The van der Waals surface area contributed by atoms with Crippen LogP contribution in [0.25, 0.3) is 10.8 Å². The standard InChI is InChI=1S/C24H28N2O2/c1-17(2)28-16-18-3-6-20(7-4-18)23(9-11-25)24(27)14-19-5-8-22-15-26-12-10-21(22)13-19/h3-8,10,12-13,15,17,23H,9,11,14,16,25H2,1-2H3. The number of hydrogen-bond acceptors (Lipinski definition) is 4.